The average Bonchev–Trinajstić information content (AvgIpc) is 2.72. The first kappa shape index (κ1) is 23.4. The van der Waals surface area contributed by atoms with E-state index in [0.717, 1.165) is 5.56 Å². The van der Waals surface area contributed by atoms with Crippen LogP contribution in [0.4, 0.5) is 0 Å². The molecule has 162 valence electrons. The van der Waals surface area contributed by atoms with E-state index in [2.05, 4.69) is 5.32 Å². The van der Waals surface area contributed by atoms with Crippen molar-refractivity contribution in [1.82, 2.24) is 9.62 Å². The zero-order valence-electron chi connectivity index (χ0n) is 16.3. The van der Waals surface area contributed by atoms with Crippen molar-refractivity contribution in [1.29, 1.82) is 0 Å². The summed E-state index contributed by atoms with van der Waals surface area (Å²) in [5.41, 5.74) is 1.46. The molecule has 0 spiro atoms. The van der Waals surface area contributed by atoms with Gasteiger partial charge in [-0.25, -0.2) is 12.7 Å². The fourth-order valence-corrected chi connectivity index (χ4v) is 5.97. The topological polar surface area (TPSA) is 66.5 Å². The van der Waals surface area contributed by atoms with Gasteiger partial charge >= 0.3 is 0 Å². The van der Waals surface area contributed by atoms with Gasteiger partial charge in [-0.15, -0.1) is 0 Å². The molecule has 1 saturated heterocycles. The zero-order chi connectivity index (χ0) is 21.7. The third kappa shape index (κ3) is 6.11. The number of rotatable bonds is 7. The number of amides is 1. The quantitative estimate of drug-likeness (QED) is 0.620. The summed E-state index contributed by atoms with van der Waals surface area (Å²) in [5.74, 6) is -0.781. The Kier molecular flexibility index (Phi) is 8.04. The van der Waals surface area contributed by atoms with E-state index in [1.807, 2.05) is 24.3 Å². The molecule has 9 heteroatoms. The highest BCUT2D eigenvalue weighted by Gasteiger charge is 2.33. The van der Waals surface area contributed by atoms with Gasteiger partial charge in [0.05, 0.1) is 11.7 Å². The summed E-state index contributed by atoms with van der Waals surface area (Å²) in [6, 6.07) is 12.4. The Bertz CT molecular complexity index is 977. The van der Waals surface area contributed by atoms with E-state index in [-0.39, 0.29) is 24.1 Å². The first-order valence-electron chi connectivity index (χ1n) is 9.69. The van der Waals surface area contributed by atoms with Crippen LogP contribution in [0.15, 0.2) is 42.5 Å². The number of nitrogens with one attached hydrogen (secondary N) is 1. The molecule has 3 rings (SSSR count). The van der Waals surface area contributed by atoms with Crippen molar-refractivity contribution in [2.24, 2.45) is 5.92 Å². The van der Waals surface area contributed by atoms with Gasteiger partial charge in [-0.2, -0.15) is 0 Å². The second-order valence-corrected chi connectivity index (χ2v) is 10.5. The molecule has 1 amide bonds. The van der Waals surface area contributed by atoms with E-state index in [4.69, 9.17) is 34.8 Å². The van der Waals surface area contributed by atoms with Gasteiger partial charge in [0.25, 0.3) is 0 Å². The van der Waals surface area contributed by atoms with Gasteiger partial charge in [-0.1, -0.05) is 53.0 Å². The number of carbonyl (C=O) groups is 1. The molecule has 1 fully saturated rings. The maximum absolute atomic E-state index is 12.9. The normalized spacial score (nSPS) is 17.6. The SMILES string of the molecule is O=C(NCCc1ccc(Cl)cc1)[C@H]1CCCN(S(=O)(=O)Cc2c(Cl)cccc2Cl)C1. The van der Waals surface area contributed by atoms with Gasteiger partial charge in [-0.3, -0.25) is 4.79 Å². The van der Waals surface area contributed by atoms with Crippen molar-refractivity contribution in [3.8, 4) is 0 Å². The highest BCUT2D eigenvalue weighted by atomic mass is 35.5. The van der Waals surface area contributed by atoms with E-state index in [9.17, 15) is 13.2 Å². The van der Waals surface area contributed by atoms with Crippen molar-refractivity contribution < 1.29 is 13.2 Å². The molecule has 0 unspecified atom stereocenters. The molecule has 1 atom stereocenters. The molecule has 0 saturated carbocycles. The van der Waals surface area contributed by atoms with Crippen molar-refractivity contribution in [3.05, 3.63) is 68.7 Å². The van der Waals surface area contributed by atoms with Crippen LogP contribution in [0.5, 0.6) is 0 Å². The van der Waals surface area contributed by atoms with Crippen LogP contribution < -0.4 is 5.32 Å². The molecule has 2 aromatic rings. The summed E-state index contributed by atoms with van der Waals surface area (Å²) in [5, 5.41) is 4.23. The monoisotopic (exact) mass is 488 g/mol. The number of halogens is 3. The first-order chi connectivity index (χ1) is 14.3. The standard InChI is InChI=1S/C21H23Cl3N2O3S/c22-17-8-6-15(7-9-17)10-11-25-21(27)16-3-2-12-26(13-16)30(28,29)14-18-19(23)4-1-5-20(18)24/h1,4-9,16H,2-3,10-14H2,(H,25,27)/t16-/m0/s1. The molecule has 1 N–H and O–H groups in total. The van der Waals surface area contributed by atoms with Crippen LogP contribution in [-0.2, 0) is 27.0 Å². The molecule has 5 nitrogen and oxygen atoms in total. The highest BCUT2D eigenvalue weighted by molar-refractivity contribution is 7.88. The van der Waals surface area contributed by atoms with Crippen LogP contribution in [-0.4, -0.2) is 38.3 Å². The Balaban J connectivity index is 1.57. The summed E-state index contributed by atoms with van der Waals surface area (Å²) in [4.78, 5) is 12.6. The number of benzene rings is 2. The lowest BCUT2D eigenvalue weighted by molar-refractivity contribution is -0.126. The minimum Gasteiger partial charge on any atom is -0.355 e. The van der Waals surface area contributed by atoms with Gasteiger partial charge in [-0.05, 0) is 49.1 Å². The van der Waals surface area contributed by atoms with Crippen LogP contribution in [0, 0.1) is 5.92 Å². The summed E-state index contributed by atoms with van der Waals surface area (Å²) in [7, 11) is -3.64. The number of hydrogen-bond acceptors (Lipinski definition) is 3. The Morgan fingerprint density at radius 2 is 1.73 bits per heavy atom. The van der Waals surface area contributed by atoms with Crippen molar-refractivity contribution >= 4 is 50.7 Å². The van der Waals surface area contributed by atoms with Crippen molar-refractivity contribution in [2.45, 2.75) is 25.0 Å². The lowest BCUT2D eigenvalue weighted by Crippen LogP contribution is -2.46. The predicted octanol–water partition coefficient (Wildman–Crippen LogP) is 4.55. The smallest absolute Gasteiger partial charge is 0.224 e. The fraction of sp³-hybridized carbons (Fsp3) is 0.381. The number of nitrogens with zero attached hydrogens (tertiary/aromatic N) is 1. The van der Waals surface area contributed by atoms with E-state index in [1.54, 1.807) is 18.2 Å². The molecular weight excluding hydrogens is 467 g/mol. The number of piperidine rings is 1. The molecule has 0 aliphatic carbocycles. The fourth-order valence-electron chi connectivity index (χ4n) is 3.48. The van der Waals surface area contributed by atoms with Gasteiger partial charge < -0.3 is 5.32 Å². The van der Waals surface area contributed by atoms with Gasteiger partial charge in [0, 0.05) is 40.3 Å². The third-order valence-electron chi connectivity index (χ3n) is 5.16. The molecule has 0 bridgehead atoms. The van der Waals surface area contributed by atoms with E-state index < -0.39 is 10.0 Å². The highest BCUT2D eigenvalue weighted by Crippen LogP contribution is 2.29. The molecule has 0 aromatic heterocycles. The van der Waals surface area contributed by atoms with Crippen LogP contribution in [0.25, 0.3) is 0 Å². The zero-order valence-corrected chi connectivity index (χ0v) is 19.4. The lowest BCUT2D eigenvalue weighted by Gasteiger charge is -2.31. The molecule has 1 heterocycles. The maximum Gasteiger partial charge on any atom is 0.224 e. The average molecular weight is 490 g/mol. The first-order valence-corrected chi connectivity index (χ1v) is 12.4. The third-order valence-corrected chi connectivity index (χ3v) is 7.89. The summed E-state index contributed by atoms with van der Waals surface area (Å²) in [6.07, 6.45) is 1.97. The van der Waals surface area contributed by atoms with Crippen molar-refractivity contribution in [3.63, 3.8) is 0 Å². The van der Waals surface area contributed by atoms with Crippen LogP contribution in [0.3, 0.4) is 0 Å². The molecule has 1 aliphatic heterocycles. The van der Waals surface area contributed by atoms with E-state index in [0.29, 0.717) is 53.0 Å². The Morgan fingerprint density at radius 1 is 1.07 bits per heavy atom. The summed E-state index contributed by atoms with van der Waals surface area (Å²) < 4.78 is 27.2. The van der Waals surface area contributed by atoms with E-state index in [1.165, 1.54) is 4.31 Å². The Hall–Kier alpha value is -1.31. The van der Waals surface area contributed by atoms with Gasteiger partial charge in [0.15, 0.2) is 0 Å². The second kappa shape index (κ2) is 10.3. The minimum atomic E-state index is -3.64. The molecule has 30 heavy (non-hydrogen) atoms. The van der Waals surface area contributed by atoms with Crippen molar-refractivity contribution in [2.75, 3.05) is 19.6 Å². The number of sulfonamides is 1. The molecular formula is C21H23Cl3N2O3S. The predicted molar refractivity (Wildman–Crippen MR) is 122 cm³/mol. The van der Waals surface area contributed by atoms with Gasteiger partial charge in [0.1, 0.15) is 0 Å². The van der Waals surface area contributed by atoms with Gasteiger partial charge in [0.2, 0.25) is 15.9 Å². The number of hydrogen-bond donors (Lipinski definition) is 1. The van der Waals surface area contributed by atoms with Crippen LogP contribution in [0.2, 0.25) is 15.1 Å². The van der Waals surface area contributed by atoms with Crippen LogP contribution in [0.1, 0.15) is 24.0 Å². The minimum absolute atomic E-state index is 0.125. The Labute approximate surface area is 192 Å². The lowest BCUT2D eigenvalue weighted by atomic mass is 9.99. The Morgan fingerprint density at radius 3 is 2.40 bits per heavy atom. The summed E-state index contributed by atoms with van der Waals surface area (Å²) >= 11 is 18.1. The van der Waals surface area contributed by atoms with E-state index >= 15 is 0 Å². The second-order valence-electron chi connectivity index (χ2n) is 7.32. The maximum atomic E-state index is 12.9. The van der Waals surface area contributed by atoms with Crippen LogP contribution >= 0.6 is 34.8 Å². The largest absolute Gasteiger partial charge is 0.355 e. The molecule has 1 aliphatic rings. The molecule has 0 radical (unpaired) electrons. The molecule has 2 aromatic carbocycles. The summed E-state index contributed by atoms with van der Waals surface area (Å²) in [6.45, 7) is 1.04. The number of carbonyl (C=O) groups excluding carboxylic acids is 1.